The molecular weight excluding hydrogens is 286 g/mol. The molecule has 0 saturated carbocycles. The lowest BCUT2D eigenvalue weighted by Gasteiger charge is -2.36. The Morgan fingerprint density at radius 1 is 1.04 bits per heavy atom. The predicted molar refractivity (Wildman–Crippen MR) is 92.9 cm³/mol. The van der Waals surface area contributed by atoms with E-state index < -0.39 is 0 Å². The van der Waals surface area contributed by atoms with Crippen LogP contribution in [0.1, 0.15) is 35.7 Å². The lowest BCUT2D eigenvalue weighted by Crippen LogP contribution is -2.48. The standard InChI is InChI=1S/C19H23N3O/c1-15(2)16-5-7-18(8-6-16)21-10-12-22(13-11-21)19(23)17-4-3-9-20-14-17/h3-9,14-15H,10-13H2,1-2H3. The van der Waals surface area contributed by atoms with Crippen LogP contribution in [0.3, 0.4) is 0 Å². The molecule has 0 radical (unpaired) electrons. The van der Waals surface area contributed by atoms with Gasteiger partial charge in [-0.05, 0) is 35.7 Å². The van der Waals surface area contributed by atoms with Crippen molar-refractivity contribution in [1.29, 1.82) is 0 Å². The van der Waals surface area contributed by atoms with Crippen LogP contribution in [0.4, 0.5) is 5.69 Å². The summed E-state index contributed by atoms with van der Waals surface area (Å²) in [6.45, 7) is 7.65. The van der Waals surface area contributed by atoms with Crippen molar-refractivity contribution in [3.05, 3.63) is 59.9 Å². The summed E-state index contributed by atoms with van der Waals surface area (Å²) < 4.78 is 0. The molecule has 1 fully saturated rings. The molecule has 0 N–H and O–H groups in total. The van der Waals surface area contributed by atoms with Crippen molar-refractivity contribution in [3.63, 3.8) is 0 Å². The molecule has 0 spiro atoms. The van der Waals surface area contributed by atoms with Gasteiger partial charge >= 0.3 is 0 Å². The van der Waals surface area contributed by atoms with E-state index in [1.54, 1.807) is 18.5 Å². The highest BCUT2D eigenvalue weighted by Crippen LogP contribution is 2.21. The average Bonchev–Trinajstić information content (AvgIpc) is 2.62. The van der Waals surface area contributed by atoms with Crippen LogP contribution in [0.25, 0.3) is 0 Å². The van der Waals surface area contributed by atoms with Crippen LogP contribution in [0.5, 0.6) is 0 Å². The summed E-state index contributed by atoms with van der Waals surface area (Å²) in [6, 6.07) is 12.4. The lowest BCUT2D eigenvalue weighted by atomic mass is 10.0. The first-order valence-electron chi connectivity index (χ1n) is 8.19. The van der Waals surface area contributed by atoms with Gasteiger partial charge in [0, 0.05) is 44.3 Å². The Morgan fingerprint density at radius 2 is 1.74 bits per heavy atom. The number of pyridine rings is 1. The van der Waals surface area contributed by atoms with Crippen molar-refractivity contribution in [2.45, 2.75) is 19.8 Å². The van der Waals surface area contributed by atoms with Gasteiger partial charge in [-0.1, -0.05) is 26.0 Å². The Morgan fingerprint density at radius 3 is 2.30 bits per heavy atom. The number of carbonyl (C=O) groups is 1. The van der Waals surface area contributed by atoms with Gasteiger partial charge in [-0.3, -0.25) is 9.78 Å². The first-order chi connectivity index (χ1) is 11.1. The molecule has 4 heteroatoms. The van der Waals surface area contributed by atoms with Crippen molar-refractivity contribution < 1.29 is 4.79 Å². The van der Waals surface area contributed by atoms with Crippen molar-refractivity contribution in [2.24, 2.45) is 0 Å². The SMILES string of the molecule is CC(C)c1ccc(N2CCN(C(=O)c3cccnc3)CC2)cc1. The molecule has 4 nitrogen and oxygen atoms in total. The summed E-state index contributed by atoms with van der Waals surface area (Å²) in [6.07, 6.45) is 3.33. The molecule has 120 valence electrons. The minimum Gasteiger partial charge on any atom is -0.368 e. The number of anilines is 1. The third-order valence-electron chi connectivity index (χ3n) is 4.40. The maximum atomic E-state index is 12.4. The second-order valence-electron chi connectivity index (χ2n) is 6.27. The predicted octanol–water partition coefficient (Wildman–Crippen LogP) is 3.17. The summed E-state index contributed by atoms with van der Waals surface area (Å²) in [4.78, 5) is 20.7. The van der Waals surface area contributed by atoms with E-state index in [2.05, 4.69) is 48.0 Å². The van der Waals surface area contributed by atoms with Gasteiger partial charge in [0.2, 0.25) is 0 Å². The fourth-order valence-corrected chi connectivity index (χ4v) is 2.91. The van der Waals surface area contributed by atoms with Crippen molar-refractivity contribution >= 4 is 11.6 Å². The van der Waals surface area contributed by atoms with Gasteiger partial charge in [0.05, 0.1) is 5.56 Å². The topological polar surface area (TPSA) is 36.4 Å². The summed E-state index contributed by atoms with van der Waals surface area (Å²) in [5.41, 5.74) is 3.27. The molecule has 2 aromatic rings. The van der Waals surface area contributed by atoms with E-state index in [-0.39, 0.29) is 5.91 Å². The van der Waals surface area contributed by atoms with Gasteiger partial charge in [-0.25, -0.2) is 0 Å². The third kappa shape index (κ3) is 3.52. The number of rotatable bonds is 3. The molecule has 1 aromatic carbocycles. The number of amides is 1. The highest BCUT2D eigenvalue weighted by Gasteiger charge is 2.22. The van der Waals surface area contributed by atoms with Crippen molar-refractivity contribution in [1.82, 2.24) is 9.88 Å². The highest BCUT2D eigenvalue weighted by atomic mass is 16.2. The van der Waals surface area contributed by atoms with Gasteiger partial charge in [0.15, 0.2) is 0 Å². The first kappa shape index (κ1) is 15.5. The Labute approximate surface area is 137 Å². The lowest BCUT2D eigenvalue weighted by molar-refractivity contribution is 0.0746. The quantitative estimate of drug-likeness (QED) is 0.874. The summed E-state index contributed by atoms with van der Waals surface area (Å²) in [5.74, 6) is 0.630. The van der Waals surface area contributed by atoms with Crippen LogP contribution < -0.4 is 4.90 Å². The Bertz CT molecular complexity index is 644. The fraction of sp³-hybridized carbons (Fsp3) is 0.368. The van der Waals surface area contributed by atoms with E-state index in [0.717, 1.165) is 26.2 Å². The van der Waals surface area contributed by atoms with E-state index in [1.165, 1.54) is 11.3 Å². The second-order valence-corrected chi connectivity index (χ2v) is 6.27. The second kappa shape index (κ2) is 6.82. The van der Waals surface area contributed by atoms with Crippen LogP contribution in [0, 0.1) is 0 Å². The van der Waals surface area contributed by atoms with Gasteiger partial charge in [0.1, 0.15) is 0 Å². The number of piperazine rings is 1. The average molecular weight is 309 g/mol. The van der Waals surface area contributed by atoms with Crippen LogP contribution >= 0.6 is 0 Å². The molecule has 23 heavy (non-hydrogen) atoms. The third-order valence-corrected chi connectivity index (χ3v) is 4.40. The van der Waals surface area contributed by atoms with E-state index in [0.29, 0.717) is 11.5 Å². The maximum absolute atomic E-state index is 12.4. The molecule has 1 amide bonds. The van der Waals surface area contributed by atoms with Gasteiger partial charge < -0.3 is 9.80 Å². The molecule has 0 bridgehead atoms. The highest BCUT2D eigenvalue weighted by molar-refractivity contribution is 5.94. The molecule has 0 atom stereocenters. The molecule has 1 aromatic heterocycles. The minimum atomic E-state index is 0.0768. The molecule has 0 unspecified atom stereocenters. The molecule has 1 aliphatic heterocycles. The number of nitrogens with zero attached hydrogens (tertiary/aromatic N) is 3. The number of hydrogen-bond acceptors (Lipinski definition) is 3. The smallest absolute Gasteiger partial charge is 0.255 e. The van der Waals surface area contributed by atoms with Gasteiger partial charge in [-0.2, -0.15) is 0 Å². The number of carbonyl (C=O) groups excluding carboxylic acids is 1. The van der Waals surface area contributed by atoms with Crippen LogP contribution in [0.2, 0.25) is 0 Å². The Balaban J connectivity index is 1.61. The van der Waals surface area contributed by atoms with Crippen LogP contribution in [-0.4, -0.2) is 42.0 Å². The molecule has 0 aliphatic carbocycles. The molecule has 3 rings (SSSR count). The normalized spacial score (nSPS) is 15.1. The van der Waals surface area contributed by atoms with Gasteiger partial charge in [-0.15, -0.1) is 0 Å². The largest absolute Gasteiger partial charge is 0.368 e. The monoisotopic (exact) mass is 309 g/mol. The summed E-state index contributed by atoms with van der Waals surface area (Å²) >= 11 is 0. The van der Waals surface area contributed by atoms with Crippen LogP contribution in [-0.2, 0) is 0 Å². The maximum Gasteiger partial charge on any atom is 0.255 e. The minimum absolute atomic E-state index is 0.0768. The van der Waals surface area contributed by atoms with Gasteiger partial charge in [0.25, 0.3) is 5.91 Å². The van der Waals surface area contributed by atoms with Crippen molar-refractivity contribution in [3.8, 4) is 0 Å². The van der Waals surface area contributed by atoms with E-state index in [4.69, 9.17) is 0 Å². The zero-order valence-electron chi connectivity index (χ0n) is 13.8. The Kier molecular flexibility index (Phi) is 4.60. The van der Waals surface area contributed by atoms with E-state index in [1.807, 2.05) is 11.0 Å². The molecule has 1 saturated heterocycles. The summed E-state index contributed by atoms with van der Waals surface area (Å²) in [7, 11) is 0. The fourth-order valence-electron chi connectivity index (χ4n) is 2.91. The number of benzene rings is 1. The Hall–Kier alpha value is -2.36. The van der Waals surface area contributed by atoms with Crippen LogP contribution in [0.15, 0.2) is 48.8 Å². The number of hydrogen-bond donors (Lipinski definition) is 0. The zero-order chi connectivity index (χ0) is 16.2. The molecule has 1 aliphatic rings. The number of aromatic nitrogens is 1. The molecular formula is C19H23N3O. The zero-order valence-corrected chi connectivity index (χ0v) is 13.8. The first-order valence-corrected chi connectivity index (χ1v) is 8.19. The molecule has 2 heterocycles. The van der Waals surface area contributed by atoms with E-state index in [9.17, 15) is 4.79 Å². The summed E-state index contributed by atoms with van der Waals surface area (Å²) in [5, 5.41) is 0. The van der Waals surface area contributed by atoms with Crippen molar-refractivity contribution in [2.75, 3.05) is 31.1 Å². The van der Waals surface area contributed by atoms with E-state index >= 15 is 0 Å².